The summed E-state index contributed by atoms with van der Waals surface area (Å²) in [4.78, 5) is 50.9. The van der Waals surface area contributed by atoms with Gasteiger partial charge in [0.05, 0.1) is 31.0 Å². The van der Waals surface area contributed by atoms with Gasteiger partial charge in [-0.1, -0.05) is 42.5 Å². The molecule has 4 N–H and O–H groups in total. The summed E-state index contributed by atoms with van der Waals surface area (Å²) >= 11 is 0. The van der Waals surface area contributed by atoms with Crippen LogP contribution in [0.2, 0.25) is 0 Å². The highest BCUT2D eigenvalue weighted by Crippen LogP contribution is 2.36. The maximum atomic E-state index is 12.9. The van der Waals surface area contributed by atoms with E-state index in [9.17, 15) is 53.0 Å². The number of amides is 1. The number of ether oxygens (including phenoxy) is 3. The lowest BCUT2D eigenvalue weighted by atomic mass is 9.89. The van der Waals surface area contributed by atoms with Crippen LogP contribution < -0.4 is 14.8 Å². The molecule has 1 unspecified atom stereocenters. The Balaban J connectivity index is 1.32. The Labute approximate surface area is 316 Å². The second-order valence-electron chi connectivity index (χ2n) is 13.0. The van der Waals surface area contributed by atoms with Crippen molar-refractivity contribution in [2.75, 3.05) is 19.8 Å². The SMILES string of the molecule is CC(NC(=O)CCC/C=C\C[C@@H]1[C@@H](/C=C/[C@@H](O)COc2cccc(C(F)(F)F)c2)[C@H](O)C[C@@H]1O)C(=O)Oc1ccc(CCOC(=O)CCCO[N+](=O)[O-])cc1. The lowest BCUT2D eigenvalue weighted by molar-refractivity contribution is -0.757. The van der Waals surface area contributed by atoms with Crippen LogP contribution in [0.1, 0.15) is 63.0 Å². The van der Waals surface area contributed by atoms with Crippen molar-refractivity contribution in [1.29, 1.82) is 0 Å². The zero-order valence-corrected chi connectivity index (χ0v) is 30.3. The van der Waals surface area contributed by atoms with E-state index in [4.69, 9.17) is 14.2 Å². The molecule has 0 aromatic heterocycles. The lowest BCUT2D eigenvalue weighted by Crippen LogP contribution is -2.40. The Morgan fingerprint density at radius 2 is 1.76 bits per heavy atom. The number of nitrogens with zero attached hydrogens (tertiary/aromatic N) is 1. The summed E-state index contributed by atoms with van der Waals surface area (Å²) in [5, 5.41) is 43.1. The zero-order chi connectivity index (χ0) is 40.4. The van der Waals surface area contributed by atoms with Gasteiger partial charge in [0.1, 0.15) is 30.3 Å². The van der Waals surface area contributed by atoms with E-state index >= 15 is 0 Å². The van der Waals surface area contributed by atoms with E-state index in [2.05, 4.69) is 10.2 Å². The highest BCUT2D eigenvalue weighted by atomic mass is 19.4. The van der Waals surface area contributed by atoms with Gasteiger partial charge in [-0.3, -0.25) is 9.59 Å². The molecule has 1 saturated carbocycles. The largest absolute Gasteiger partial charge is 0.491 e. The van der Waals surface area contributed by atoms with Gasteiger partial charge in [-0.05, 0) is 74.4 Å². The van der Waals surface area contributed by atoms with Crippen LogP contribution in [0.4, 0.5) is 13.2 Å². The molecule has 0 spiro atoms. The summed E-state index contributed by atoms with van der Waals surface area (Å²) in [5.74, 6) is -2.12. The number of halogens is 3. The van der Waals surface area contributed by atoms with Crippen molar-refractivity contribution in [3.05, 3.63) is 94.1 Å². The number of unbranched alkanes of at least 4 members (excludes halogenated alkanes) is 1. The van der Waals surface area contributed by atoms with Gasteiger partial charge in [-0.25, -0.2) is 4.79 Å². The predicted octanol–water partition coefficient (Wildman–Crippen LogP) is 4.66. The normalized spacial score (nSPS) is 19.5. The Morgan fingerprint density at radius 1 is 1.02 bits per heavy atom. The molecule has 2 aromatic carbocycles. The van der Waals surface area contributed by atoms with Crippen molar-refractivity contribution in [2.45, 2.75) is 88.8 Å². The fraction of sp³-hybridized carbons (Fsp3) is 0.500. The molecule has 3 rings (SSSR count). The lowest BCUT2D eigenvalue weighted by Gasteiger charge is -2.19. The maximum absolute atomic E-state index is 12.9. The first-order valence-electron chi connectivity index (χ1n) is 17.8. The molecule has 55 heavy (non-hydrogen) atoms. The molecule has 0 bridgehead atoms. The van der Waals surface area contributed by atoms with Gasteiger partial charge in [-0.2, -0.15) is 13.2 Å². The van der Waals surface area contributed by atoms with Crippen LogP contribution in [-0.4, -0.2) is 82.4 Å². The van der Waals surface area contributed by atoms with E-state index in [0.29, 0.717) is 25.7 Å². The standard InChI is InChI=1S/C38H47F3N2O12/c1-25(37(49)55-29-16-13-26(14-17-29)19-21-52-36(48)12-7-20-54-43(50)51)42-35(47)11-5-3-2-4-10-31-32(34(46)23-33(31)45)18-15-28(44)24-53-30-9-6-8-27(22-30)38(39,40)41/h2,4,6,8-9,13-18,22,25,28,31-34,44-46H,3,5,7,10-12,19-21,23-24H2,1H3,(H,42,47)/b4-2-,18-15+/t25?,28-,31-,32-,33+,34-/m1/s1. The Morgan fingerprint density at radius 3 is 2.47 bits per heavy atom. The summed E-state index contributed by atoms with van der Waals surface area (Å²) in [5.41, 5.74) is -0.0591. The van der Waals surface area contributed by atoms with Crippen molar-refractivity contribution in [3.63, 3.8) is 0 Å². The number of nitrogens with one attached hydrogen (secondary N) is 1. The van der Waals surface area contributed by atoms with Gasteiger partial charge in [0, 0.05) is 31.6 Å². The summed E-state index contributed by atoms with van der Waals surface area (Å²) in [6.07, 6.45) is 1.60. The molecule has 0 saturated heterocycles. The van der Waals surface area contributed by atoms with Gasteiger partial charge in [0.2, 0.25) is 5.91 Å². The molecule has 302 valence electrons. The monoisotopic (exact) mass is 780 g/mol. The molecule has 0 heterocycles. The number of allylic oxidation sites excluding steroid dienone is 2. The summed E-state index contributed by atoms with van der Waals surface area (Å²) in [7, 11) is 0. The van der Waals surface area contributed by atoms with Crippen LogP contribution in [0, 0.1) is 22.0 Å². The molecule has 1 fully saturated rings. The van der Waals surface area contributed by atoms with Crippen LogP contribution in [-0.2, 0) is 36.6 Å². The number of aliphatic hydroxyl groups excluding tert-OH is 3. The first kappa shape index (κ1) is 44.4. The minimum Gasteiger partial charge on any atom is -0.491 e. The number of aliphatic hydroxyl groups is 3. The van der Waals surface area contributed by atoms with Gasteiger partial charge in [0.25, 0.3) is 5.09 Å². The van der Waals surface area contributed by atoms with E-state index in [1.54, 1.807) is 30.3 Å². The van der Waals surface area contributed by atoms with Crippen LogP contribution in [0.15, 0.2) is 72.8 Å². The Bertz CT molecular complexity index is 1600. The zero-order valence-electron chi connectivity index (χ0n) is 30.3. The summed E-state index contributed by atoms with van der Waals surface area (Å²) in [6, 6.07) is 9.93. The van der Waals surface area contributed by atoms with Crippen molar-refractivity contribution in [1.82, 2.24) is 5.32 Å². The Kier molecular flexibility index (Phi) is 18.1. The van der Waals surface area contributed by atoms with Crippen LogP contribution >= 0.6 is 0 Å². The van der Waals surface area contributed by atoms with E-state index in [0.717, 1.165) is 17.7 Å². The number of rotatable bonds is 22. The molecule has 2 aromatic rings. The number of carbonyl (C=O) groups is 3. The number of hydrogen-bond acceptors (Lipinski definition) is 12. The molecule has 1 aliphatic rings. The fourth-order valence-electron chi connectivity index (χ4n) is 5.73. The number of alkyl halides is 3. The molecule has 0 radical (unpaired) electrons. The molecular weight excluding hydrogens is 733 g/mol. The third-order valence-corrected chi connectivity index (χ3v) is 8.65. The molecule has 14 nitrogen and oxygen atoms in total. The molecular formula is C38H47F3N2O12. The van der Waals surface area contributed by atoms with E-state index in [1.807, 2.05) is 12.2 Å². The van der Waals surface area contributed by atoms with E-state index in [1.165, 1.54) is 25.1 Å². The third kappa shape index (κ3) is 16.5. The van der Waals surface area contributed by atoms with Crippen LogP contribution in [0.25, 0.3) is 0 Å². The van der Waals surface area contributed by atoms with Gasteiger partial charge >= 0.3 is 18.1 Å². The minimum absolute atomic E-state index is 0.0111. The van der Waals surface area contributed by atoms with Crippen molar-refractivity contribution in [2.24, 2.45) is 11.8 Å². The van der Waals surface area contributed by atoms with Gasteiger partial charge in [0.15, 0.2) is 0 Å². The van der Waals surface area contributed by atoms with E-state index < -0.39 is 59.0 Å². The highest BCUT2D eigenvalue weighted by Gasteiger charge is 2.39. The highest BCUT2D eigenvalue weighted by molar-refractivity contribution is 5.85. The first-order chi connectivity index (χ1) is 26.1. The maximum Gasteiger partial charge on any atom is 0.416 e. The predicted molar refractivity (Wildman–Crippen MR) is 190 cm³/mol. The summed E-state index contributed by atoms with van der Waals surface area (Å²) < 4.78 is 54.5. The minimum atomic E-state index is -4.53. The van der Waals surface area contributed by atoms with Crippen LogP contribution in [0.5, 0.6) is 11.5 Å². The average Bonchev–Trinajstić information content (AvgIpc) is 3.40. The smallest absolute Gasteiger partial charge is 0.416 e. The molecule has 1 amide bonds. The van der Waals surface area contributed by atoms with Crippen LogP contribution in [0.3, 0.4) is 0 Å². The second kappa shape index (κ2) is 22.4. The van der Waals surface area contributed by atoms with Crippen molar-refractivity contribution < 1.29 is 67.0 Å². The second-order valence-corrected chi connectivity index (χ2v) is 13.0. The number of hydrogen-bond donors (Lipinski definition) is 4. The first-order valence-corrected chi connectivity index (χ1v) is 17.8. The molecule has 6 atom stereocenters. The third-order valence-electron chi connectivity index (χ3n) is 8.65. The number of carbonyl (C=O) groups excluding carboxylic acids is 3. The molecule has 17 heteroatoms. The molecule has 0 aliphatic heterocycles. The van der Waals surface area contributed by atoms with Gasteiger partial charge < -0.3 is 39.7 Å². The van der Waals surface area contributed by atoms with E-state index in [-0.39, 0.29) is 68.8 Å². The Hall–Kier alpha value is -5.00. The average molecular weight is 781 g/mol. The topological polar surface area (TPSA) is 204 Å². The number of benzene rings is 2. The molecule has 1 aliphatic carbocycles. The summed E-state index contributed by atoms with van der Waals surface area (Å²) in [6.45, 7) is 1.10. The number of esters is 2. The quantitative estimate of drug-likeness (QED) is 0.0322. The van der Waals surface area contributed by atoms with Gasteiger partial charge in [-0.15, -0.1) is 10.1 Å². The van der Waals surface area contributed by atoms with Crippen molar-refractivity contribution >= 4 is 17.8 Å². The fourth-order valence-corrected chi connectivity index (χ4v) is 5.73. The van der Waals surface area contributed by atoms with Crippen molar-refractivity contribution in [3.8, 4) is 11.5 Å².